The van der Waals surface area contributed by atoms with Crippen molar-refractivity contribution < 1.29 is 9.90 Å². The van der Waals surface area contributed by atoms with Gasteiger partial charge in [0, 0.05) is 17.0 Å². The molecule has 0 aliphatic heterocycles. The minimum Gasteiger partial charge on any atom is -0.481 e. The fraction of sp³-hybridized carbons (Fsp3) is 0.133. The quantitative estimate of drug-likeness (QED) is 0.401. The smallest absolute Gasteiger partial charge is 0.311 e. The third kappa shape index (κ3) is 6.17. The van der Waals surface area contributed by atoms with E-state index in [1.54, 1.807) is 0 Å². The summed E-state index contributed by atoms with van der Waals surface area (Å²) in [4.78, 5) is 12.4. The highest BCUT2D eigenvalue weighted by molar-refractivity contribution is 6.30. The van der Waals surface area contributed by atoms with Gasteiger partial charge in [0.05, 0.1) is 23.0 Å². The number of carboxylic acid groups (broad SMARTS) is 1. The lowest BCUT2D eigenvalue weighted by Gasteiger charge is -2.14. The van der Waals surface area contributed by atoms with Crippen LogP contribution in [0.4, 0.5) is 0 Å². The summed E-state index contributed by atoms with van der Waals surface area (Å²) >= 11 is 6.10. The minimum atomic E-state index is -0.873. The van der Waals surface area contributed by atoms with Gasteiger partial charge in [-0.3, -0.25) is 4.79 Å². The van der Waals surface area contributed by atoms with Crippen LogP contribution in [0.25, 0.3) is 16.9 Å². The zero-order chi connectivity index (χ0) is 24.8. The van der Waals surface area contributed by atoms with Crippen LogP contribution in [-0.4, -0.2) is 20.9 Å². The average Bonchev–Trinajstić information content (AvgIpc) is 3.26. The number of carbonyl (C=O) groups is 1. The number of hydrogen-bond donors (Lipinski definition) is 1. The Labute approximate surface area is 210 Å². The van der Waals surface area contributed by atoms with Gasteiger partial charge in [-0.25, -0.2) is 4.68 Å². The van der Waals surface area contributed by atoms with E-state index in [1.165, 1.54) is 5.56 Å². The fourth-order valence-electron chi connectivity index (χ4n) is 3.96. The number of aromatic nitrogens is 2. The number of benzene rings is 2. The van der Waals surface area contributed by atoms with Crippen LogP contribution < -0.4 is 0 Å². The molecule has 35 heavy (non-hydrogen) atoms. The SMILES string of the molecule is C=C1/C=C\C=C/C/C(C(Cc2cc(-c3ccc(C)cc3)n(-c3ccc(Cl)cc3)n2)C(=O)O)=C\C=C/1. The Morgan fingerprint density at radius 3 is 2.51 bits per heavy atom. The van der Waals surface area contributed by atoms with Crippen LogP contribution >= 0.6 is 11.6 Å². The lowest BCUT2D eigenvalue weighted by Crippen LogP contribution is -2.19. The number of carboxylic acids is 1. The molecule has 0 saturated carbocycles. The Morgan fingerprint density at radius 1 is 1.09 bits per heavy atom. The zero-order valence-corrected chi connectivity index (χ0v) is 20.3. The first kappa shape index (κ1) is 24.2. The maximum absolute atomic E-state index is 12.4. The van der Waals surface area contributed by atoms with Gasteiger partial charge in [0.15, 0.2) is 0 Å². The number of aliphatic carboxylic acids is 1. The van der Waals surface area contributed by atoms with Crippen LogP contribution in [-0.2, 0) is 11.2 Å². The molecule has 3 aromatic rings. The molecular formula is C30H27ClN2O2. The molecule has 0 bridgehead atoms. The normalized spacial score (nSPS) is 18.8. The Morgan fingerprint density at radius 2 is 1.80 bits per heavy atom. The van der Waals surface area contributed by atoms with E-state index in [-0.39, 0.29) is 6.42 Å². The van der Waals surface area contributed by atoms with Gasteiger partial charge in [0.1, 0.15) is 0 Å². The molecule has 1 unspecified atom stereocenters. The molecule has 1 aliphatic carbocycles. The van der Waals surface area contributed by atoms with Gasteiger partial charge in [-0.2, -0.15) is 5.10 Å². The topological polar surface area (TPSA) is 55.1 Å². The van der Waals surface area contributed by atoms with Crippen molar-refractivity contribution in [1.29, 1.82) is 0 Å². The van der Waals surface area contributed by atoms with Gasteiger partial charge in [-0.05, 0) is 49.2 Å². The second-order valence-corrected chi connectivity index (χ2v) is 8.97. The highest BCUT2D eigenvalue weighted by Crippen LogP contribution is 2.28. The number of nitrogens with zero attached hydrogens (tertiary/aromatic N) is 2. The van der Waals surface area contributed by atoms with Gasteiger partial charge < -0.3 is 5.11 Å². The van der Waals surface area contributed by atoms with Gasteiger partial charge >= 0.3 is 5.97 Å². The molecule has 4 nitrogen and oxygen atoms in total. The fourth-order valence-corrected chi connectivity index (χ4v) is 4.09. The number of hydrogen-bond acceptors (Lipinski definition) is 2. The molecule has 1 aromatic heterocycles. The molecule has 5 heteroatoms. The van der Waals surface area contributed by atoms with E-state index in [2.05, 4.69) is 30.8 Å². The van der Waals surface area contributed by atoms with E-state index in [9.17, 15) is 9.90 Å². The number of halogens is 1. The third-order valence-corrected chi connectivity index (χ3v) is 6.12. The van der Waals surface area contributed by atoms with E-state index in [1.807, 2.05) is 84.5 Å². The minimum absolute atomic E-state index is 0.277. The number of aryl methyl sites for hydroxylation is 1. The molecule has 0 fully saturated rings. The molecule has 0 saturated heterocycles. The van der Waals surface area contributed by atoms with Crippen molar-refractivity contribution in [3.05, 3.63) is 131 Å². The van der Waals surface area contributed by atoms with Gasteiger partial charge in [0.25, 0.3) is 0 Å². The van der Waals surface area contributed by atoms with Crippen LogP contribution in [0.15, 0.2) is 115 Å². The summed E-state index contributed by atoms with van der Waals surface area (Å²) in [5.41, 5.74) is 6.29. The molecule has 1 heterocycles. The third-order valence-electron chi connectivity index (χ3n) is 5.87. The summed E-state index contributed by atoms with van der Waals surface area (Å²) in [7, 11) is 0. The first-order valence-electron chi connectivity index (χ1n) is 11.4. The average molecular weight is 483 g/mol. The molecule has 1 N–H and O–H groups in total. The van der Waals surface area contributed by atoms with Crippen molar-refractivity contribution in [2.75, 3.05) is 0 Å². The van der Waals surface area contributed by atoms with E-state index < -0.39 is 11.9 Å². The second-order valence-electron chi connectivity index (χ2n) is 8.54. The molecule has 176 valence electrons. The summed E-state index contributed by atoms with van der Waals surface area (Å²) in [6.07, 6.45) is 14.1. The molecule has 4 rings (SSSR count). The Hall–Kier alpha value is -3.89. The lowest BCUT2D eigenvalue weighted by molar-refractivity contribution is -0.140. The predicted molar refractivity (Wildman–Crippen MR) is 143 cm³/mol. The monoisotopic (exact) mass is 482 g/mol. The van der Waals surface area contributed by atoms with Crippen molar-refractivity contribution in [2.24, 2.45) is 5.92 Å². The van der Waals surface area contributed by atoms with Crippen molar-refractivity contribution in [2.45, 2.75) is 19.8 Å². The number of allylic oxidation sites excluding steroid dienone is 8. The molecule has 1 atom stereocenters. The largest absolute Gasteiger partial charge is 0.481 e. The van der Waals surface area contributed by atoms with Crippen LogP contribution in [0.1, 0.15) is 17.7 Å². The highest BCUT2D eigenvalue weighted by atomic mass is 35.5. The van der Waals surface area contributed by atoms with E-state index >= 15 is 0 Å². The maximum atomic E-state index is 12.4. The van der Waals surface area contributed by atoms with Crippen molar-refractivity contribution >= 4 is 17.6 Å². The standard InChI is InChI=1S/C30H27ClN2O2/c1-21-7-4-3-5-9-23(10-6-8-21)28(30(34)35)19-26-20-29(24-13-11-22(2)12-14-24)33(32-26)27-17-15-25(31)16-18-27/h3-8,10-18,20,28H,1,9,19H2,2H3,(H,34,35)/b5-3-,7-4-,8-6-,23-10+. The first-order valence-corrected chi connectivity index (χ1v) is 11.8. The summed E-state index contributed by atoms with van der Waals surface area (Å²) in [6, 6.07) is 17.7. The number of rotatable bonds is 6. The van der Waals surface area contributed by atoms with Crippen LogP contribution in [0.3, 0.4) is 0 Å². The van der Waals surface area contributed by atoms with Crippen molar-refractivity contribution in [3.8, 4) is 16.9 Å². The summed E-state index contributed by atoms with van der Waals surface area (Å²) in [5.74, 6) is -1.58. The zero-order valence-electron chi connectivity index (χ0n) is 19.6. The predicted octanol–water partition coefficient (Wildman–Crippen LogP) is 7.30. The first-order chi connectivity index (χ1) is 16.9. The Balaban J connectivity index is 1.73. The van der Waals surface area contributed by atoms with E-state index in [4.69, 9.17) is 16.7 Å². The van der Waals surface area contributed by atoms with E-state index in [0.29, 0.717) is 17.1 Å². The maximum Gasteiger partial charge on any atom is 0.311 e. The van der Waals surface area contributed by atoms with Crippen molar-refractivity contribution in [3.63, 3.8) is 0 Å². The van der Waals surface area contributed by atoms with Gasteiger partial charge in [-0.1, -0.05) is 96.1 Å². The Kier molecular flexibility index (Phi) is 7.64. The summed E-state index contributed by atoms with van der Waals surface area (Å²) < 4.78 is 1.85. The molecule has 0 amide bonds. The second kappa shape index (κ2) is 11.0. The lowest BCUT2D eigenvalue weighted by atomic mass is 9.90. The van der Waals surface area contributed by atoms with Gasteiger partial charge in [-0.15, -0.1) is 0 Å². The highest BCUT2D eigenvalue weighted by Gasteiger charge is 2.24. The molecule has 0 radical (unpaired) electrons. The van der Waals surface area contributed by atoms with Crippen LogP contribution in [0.2, 0.25) is 5.02 Å². The molecule has 1 aliphatic rings. The van der Waals surface area contributed by atoms with Crippen LogP contribution in [0, 0.1) is 12.8 Å². The molecular weight excluding hydrogens is 456 g/mol. The van der Waals surface area contributed by atoms with Crippen LogP contribution in [0.5, 0.6) is 0 Å². The van der Waals surface area contributed by atoms with Gasteiger partial charge in [0.2, 0.25) is 0 Å². The summed E-state index contributed by atoms with van der Waals surface area (Å²) in [6.45, 7) is 6.01. The Bertz CT molecular complexity index is 1280. The molecule has 0 spiro atoms. The van der Waals surface area contributed by atoms with E-state index in [0.717, 1.165) is 28.1 Å². The molecule has 2 aromatic carbocycles. The van der Waals surface area contributed by atoms with Crippen molar-refractivity contribution in [1.82, 2.24) is 9.78 Å². The summed E-state index contributed by atoms with van der Waals surface area (Å²) in [5, 5.41) is 15.6.